The SMILES string of the molecule is CCCCOCCCn1cncc1C(C)(C)NC. The average Bonchev–Trinajstić information content (AvgIpc) is 2.82. The highest BCUT2D eigenvalue weighted by Gasteiger charge is 2.21. The summed E-state index contributed by atoms with van der Waals surface area (Å²) in [5.41, 5.74) is 1.18. The van der Waals surface area contributed by atoms with Gasteiger partial charge in [-0.15, -0.1) is 0 Å². The molecule has 0 fully saturated rings. The van der Waals surface area contributed by atoms with E-state index in [9.17, 15) is 0 Å². The molecule has 0 aromatic carbocycles. The van der Waals surface area contributed by atoms with Crippen LogP contribution < -0.4 is 5.32 Å². The van der Waals surface area contributed by atoms with Gasteiger partial charge in [-0.25, -0.2) is 4.98 Å². The Hall–Kier alpha value is -0.870. The molecule has 18 heavy (non-hydrogen) atoms. The third-order valence-electron chi connectivity index (χ3n) is 3.31. The molecule has 0 unspecified atom stereocenters. The summed E-state index contributed by atoms with van der Waals surface area (Å²) in [5, 5.41) is 3.31. The molecule has 0 amide bonds. The Morgan fingerprint density at radius 1 is 1.33 bits per heavy atom. The minimum Gasteiger partial charge on any atom is -0.381 e. The van der Waals surface area contributed by atoms with Crippen molar-refractivity contribution in [2.24, 2.45) is 0 Å². The van der Waals surface area contributed by atoms with Gasteiger partial charge in [-0.2, -0.15) is 0 Å². The van der Waals surface area contributed by atoms with Crippen molar-refractivity contribution in [3.8, 4) is 0 Å². The van der Waals surface area contributed by atoms with E-state index in [1.54, 1.807) is 0 Å². The van der Waals surface area contributed by atoms with E-state index < -0.39 is 0 Å². The molecule has 1 rings (SSSR count). The van der Waals surface area contributed by atoms with Crippen LogP contribution in [0.5, 0.6) is 0 Å². The molecule has 0 radical (unpaired) electrons. The van der Waals surface area contributed by atoms with Crippen molar-refractivity contribution in [2.75, 3.05) is 20.3 Å². The van der Waals surface area contributed by atoms with Crippen LogP contribution in [0.15, 0.2) is 12.5 Å². The molecule has 0 spiro atoms. The quantitative estimate of drug-likeness (QED) is 0.687. The molecule has 0 atom stereocenters. The van der Waals surface area contributed by atoms with Crippen molar-refractivity contribution < 1.29 is 4.74 Å². The van der Waals surface area contributed by atoms with Crippen LogP contribution in [0, 0.1) is 0 Å². The maximum atomic E-state index is 5.57. The highest BCUT2D eigenvalue weighted by atomic mass is 16.5. The zero-order valence-electron chi connectivity index (χ0n) is 12.2. The van der Waals surface area contributed by atoms with Crippen molar-refractivity contribution >= 4 is 0 Å². The van der Waals surface area contributed by atoms with E-state index in [-0.39, 0.29) is 5.54 Å². The first kappa shape index (κ1) is 15.2. The predicted octanol–water partition coefficient (Wildman–Crippen LogP) is 2.54. The fourth-order valence-corrected chi connectivity index (χ4v) is 1.83. The van der Waals surface area contributed by atoms with E-state index in [4.69, 9.17) is 4.74 Å². The van der Waals surface area contributed by atoms with Gasteiger partial charge in [-0.3, -0.25) is 0 Å². The molecule has 0 aliphatic heterocycles. The van der Waals surface area contributed by atoms with Gasteiger partial charge in [0.2, 0.25) is 0 Å². The topological polar surface area (TPSA) is 39.1 Å². The summed E-state index contributed by atoms with van der Waals surface area (Å²) in [6.07, 6.45) is 7.23. The van der Waals surface area contributed by atoms with Crippen LogP contribution in [-0.2, 0) is 16.8 Å². The summed E-state index contributed by atoms with van der Waals surface area (Å²) in [5.74, 6) is 0. The lowest BCUT2D eigenvalue weighted by molar-refractivity contribution is 0.125. The molecule has 0 saturated heterocycles. The number of hydrogen-bond acceptors (Lipinski definition) is 3. The van der Waals surface area contributed by atoms with Crippen molar-refractivity contribution in [3.05, 3.63) is 18.2 Å². The number of unbranched alkanes of at least 4 members (excludes halogenated alkanes) is 1. The van der Waals surface area contributed by atoms with Crippen LogP contribution in [0.2, 0.25) is 0 Å². The number of imidazole rings is 1. The third-order valence-corrected chi connectivity index (χ3v) is 3.31. The van der Waals surface area contributed by atoms with Gasteiger partial charge in [0, 0.05) is 26.0 Å². The van der Waals surface area contributed by atoms with E-state index in [2.05, 4.69) is 35.6 Å². The second-order valence-corrected chi connectivity index (χ2v) is 5.17. The number of aromatic nitrogens is 2. The summed E-state index contributed by atoms with van der Waals surface area (Å²) >= 11 is 0. The summed E-state index contributed by atoms with van der Waals surface area (Å²) < 4.78 is 7.78. The van der Waals surface area contributed by atoms with Crippen molar-refractivity contribution in [1.82, 2.24) is 14.9 Å². The third kappa shape index (κ3) is 4.42. The maximum Gasteiger partial charge on any atom is 0.0948 e. The molecule has 4 heteroatoms. The van der Waals surface area contributed by atoms with E-state index in [1.165, 1.54) is 12.1 Å². The Morgan fingerprint density at radius 2 is 2.06 bits per heavy atom. The van der Waals surface area contributed by atoms with Gasteiger partial charge in [-0.1, -0.05) is 13.3 Å². The maximum absolute atomic E-state index is 5.57. The van der Waals surface area contributed by atoms with Gasteiger partial charge in [0.1, 0.15) is 0 Å². The Kier molecular flexibility index (Phi) is 6.36. The van der Waals surface area contributed by atoms with Gasteiger partial charge < -0.3 is 14.6 Å². The number of nitrogens with one attached hydrogen (secondary N) is 1. The molecule has 4 nitrogen and oxygen atoms in total. The fraction of sp³-hybridized carbons (Fsp3) is 0.786. The van der Waals surface area contributed by atoms with Crippen LogP contribution >= 0.6 is 0 Å². The largest absolute Gasteiger partial charge is 0.381 e. The van der Waals surface area contributed by atoms with Gasteiger partial charge in [0.25, 0.3) is 0 Å². The lowest BCUT2D eigenvalue weighted by atomic mass is 10.0. The van der Waals surface area contributed by atoms with Crippen molar-refractivity contribution in [3.63, 3.8) is 0 Å². The van der Waals surface area contributed by atoms with Gasteiger partial charge in [0.05, 0.1) is 17.6 Å². The standard InChI is InChI=1S/C14H27N3O/c1-5-6-9-18-10-7-8-17-12-16-11-13(17)14(2,3)15-4/h11-12,15H,5-10H2,1-4H3. The molecule has 0 aliphatic carbocycles. The first-order valence-electron chi connectivity index (χ1n) is 6.89. The van der Waals surface area contributed by atoms with Crippen LogP contribution in [0.4, 0.5) is 0 Å². The van der Waals surface area contributed by atoms with Crippen LogP contribution in [-0.4, -0.2) is 29.8 Å². The zero-order chi connectivity index (χ0) is 13.4. The van der Waals surface area contributed by atoms with Gasteiger partial charge in [-0.05, 0) is 33.7 Å². The zero-order valence-corrected chi connectivity index (χ0v) is 12.2. The Bertz CT molecular complexity index is 334. The number of rotatable bonds is 9. The summed E-state index contributed by atoms with van der Waals surface area (Å²) in [6, 6.07) is 0. The summed E-state index contributed by atoms with van der Waals surface area (Å²) in [4.78, 5) is 4.25. The molecule has 1 aromatic heterocycles. The molecule has 1 heterocycles. The first-order valence-corrected chi connectivity index (χ1v) is 6.89. The average molecular weight is 253 g/mol. The molecular weight excluding hydrogens is 226 g/mol. The van der Waals surface area contributed by atoms with Crippen molar-refractivity contribution in [1.29, 1.82) is 0 Å². The number of ether oxygens (including phenoxy) is 1. The summed E-state index contributed by atoms with van der Waals surface area (Å²) in [7, 11) is 1.98. The molecule has 1 aromatic rings. The predicted molar refractivity (Wildman–Crippen MR) is 74.7 cm³/mol. The highest BCUT2D eigenvalue weighted by Crippen LogP contribution is 2.18. The molecule has 1 N–H and O–H groups in total. The van der Waals surface area contributed by atoms with Crippen molar-refractivity contribution in [2.45, 2.75) is 52.1 Å². The lowest BCUT2D eigenvalue weighted by Crippen LogP contribution is -2.35. The monoisotopic (exact) mass is 253 g/mol. The normalized spacial score (nSPS) is 12.0. The van der Waals surface area contributed by atoms with Crippen LogP contribution in [0.1, 0.15) is 45.7 Å². The Labute approximate surface area is 111 Å². The highest BCUT2D eigenvalue weighted by molar-refractivity contribution is 5.10. The molecule has 104 valence electrons. The first-order chi connectivity index (χ1) is 8.61. The van der Waals surface area contributed by atoms with E-state index in [1.807, 2.05) is 19.6 Å². The Morgan fingerprint density at radius 3 is 2.72 bits per heavy atom. The second-order valence-electron chi connectivity index (χ2n) is 5.17. The van der Waals surface area contributed by atoms with Gasteiger partial charge >= 0.3 is 0 Å². The minimum absolute atomic E-state index is 0.0421. The number of aryl methyl sites for hydroxylation is 1. The summed E-state index contributed by atoms with van der Waals surface area (Å²) in [6.45, 7) is 9.19. The lowest BCUT2D eigenvalue weighted by Gasteiger charge is -2.25. The molecule has 0 saturated carbocycles. The van der Waals surface area contributed by atoms with Crippen LogP contribution in [0.25, 0.3) is 0 Å². The number of nitrogens with zero attached hydrogens (tertiary/aromatic N) is 2. The fourth-order valence-electron chi connectivity index (χ4n) is 1.83. The van der Waals surface area contributed by atoms with E-state index in [0.717, 1.165) is 32.6 Å². The Balaban J connectivity index is 2.37. The number of hydrogen-bond donors (Lipinski definition) is 1. The van der Waals surface area contributed by atoms with E-state index >= 15 is 0 Å². The minimum atomic E-state index is -0.0421. The van der Waals surface area contributed by atoms with Crippen LogP contribution in [0.3, 0.4) is 0 Å². The molecular formula is C14H27N3O. The van der Waals surface area contributed by atoms with Gasteiger partial charge in [0.15, 0.2) is 0 Å². The molecule has 0 bridgehead atoms. The second kappa shape index (κ2) is 7.54. The van der Waals surface area contributed by atoms with E-state index in [0.29, 0.717) is 0 Å². The molecule has 0 aliphatic rings. The smallest absolute Gasteiger partial charge is 0.0948 e.